The third kappa shape index (κ3) is 1.88. The number of fused-ring (bicyclic) bond motifs is 3. The Kier molecular flexibility index (Phi) is 3.45. The predicted molar refractivity (Wildman–Crippen MR) is 90.4 cm³/mol. The fraction of sp³-hybridized carbons (Fsp3) is 0.900. The van der Waals surface area contributed by atoms with E-state index in [9.17, 15) is 10.2 Å². The molecule has 5 aliphatic rings. The number of aliphatic hydroxyl groups is 2. The van der Waals surface area contributed by atoms with Crippen LogP contribution in [0.15, 0.2) is 12.3 Å². The second-order valence-corrected chi connectivity index (χ2v) is 9.30. The van der Waals surface area contributed by atoms with Gasteiger partial charge in [-0.25, -0.2) is 0 Å². The maximum absolute atomic E-state index is 11.1. The molecule has 0 aromatic heterocycles. The van der Waals surface area contributed by atoms with Crippen molar-refractivity contribution in [1.82, 2.24) is 0 Å². The first-order chi connectivity index (χ1) is 12.0. The number of ether oxygens (including phenoxy) is 3. The van der Waals surface area contributed by atoms with Crippen LogP contribution in [-0.2, 0) is 14.2 Å². The van der Waals surface area contributed by atoms with Crippen LogP contribution < -0.4 is 0 Å². The first-order valence-electron chi connectivity index (χ1n) is 9.88. The summed E-state index contributed by atoms with van der Waals surface area (Å²) in [6.07, 6.45) is 8.04. The first-order valence-corrected chi connectivity index (χ1v) is 9.88. The van der Waals surface area contributed by atoms with E-state index in [1.807, 2.05) is 0 Å². The fourth-order valence-electron chi connectivity index (χ4n) is 6.95. The summed E-state index contributed by atoms with van der Waals surface area (Å²) in [7, 11) is 0. The molecule has 2 saturated carbocycles. The zero-order valence-electron chi connectivity index (χ0n) is 15.2. The molecule has 9 atom stereocenters. The number of aliphatic hydroxyl groups excluding tert-OH is 2. The summed E-state index contributed by atoms with van der Waals surface area (Å²) in [5.74, 6) is 0.862. The van der Waals surface area contributed by atoms with Gasteiger partial charge in [0.25, 0.3) is 0 Å². The zero-order chi connectivity index (χ0) is 17.4. The van der Waals surface area contributed by atoms with Crippen LogP contribution in [0.25, 0.3) is 0 Å². The van der Waals surface area contributed by atoms with Crippen LogP contribution >= 0.6 is 0 Å². The highest BCUT2D eigenvalue weighted by molar-refractivity contribution is 5.22. The van der Waals surface area contributed by atoms with Crippen molar-refractivity contribution in [1.29, 1.82) is 0 Å². The van der Waals surface area contributed by atoms with Gasteiger partial charge in [-0.3, -0.25) is 0 Å². The van der Waals surface area contributed by atoms with Gasteiger partial charge in [0.1, 0.15) is 5.60 Å². The molecule has 0 unspecified atom stereocenters. The molecule has 3 heterocycles. The van der Waals surface area contributed by atoms with Crippen molar-refractivity contribution in [2.45, 2.75) is 70.1 Å². The van der Waals surface area contributed by atoms with Crippen LogP contribution in [-0.4, -0.2) is 47.5 Å². The van der Waals surface area contributed by atoms with Gasteiger partial charge in [-0.05, 0) is 43.6 Å². The molecule has 0 radical (unpaired) electrons. The second-order valence-electron chi connectivity index (χ2n) is 9.30. The van der Waals surface area contributed by atoms with Gasteiger partial charge < -0.3 is 24.4 Å². The molecule has 1 spiro atoms. The minimum atomic E-state index is -0.551. The number of hydrogen-bond acceptors (Lipinski definition) is 5. The van der Waals surface area contributed by atoms with Gasteiger partial charge in [-0.15, -0.1) is 0 Å². The lowest BCUT2D eigenvalue weighted by Gasteiger charge is -2.63. The summed E-state index contributed by atoms with van der Waals surface area (Å²) in [5, 5.41) is 21.6. The normalized spacial score (nSPS) is 59.5. The summed E-state index contributed by atoms with van der Waals surface area (Å²) in [5.41, 5.74) is -0.969. The number of hydrogen-bond donors (Lipinski definition) is 2. The Labute approximate surface area is 149 Å². The minimum Gasteiger partial charge on any atom is -0.472 e. The summed E-state index contributed by atoms with van der Waals surface area (Å²) in [6.45, 7) is 5.24. The molecule has 2 saturated heterocycles. The molecule has 5 heteroatoms. The topological polar surface area (TPSA) is 71.5 Å². The highest BCUT2D eigenvalue weighted by atomic mass is 16.7. The van der Waals surface area contributed by atoms with Crippen LogP contribution in [0.4, 0.5) is 0 Å². The van der Waals surface area contributed by atoms with Gasteiger partial charge in [-0.2, -0.15) is 0 Å². The maximum Gasteiger partial charge on any atom is 0.205 e. The van der Waals surface area contributed by atoms with Crippen LogP contribution in [0.1, 0.15) is 46.0 Å². The lowest BCUT2D eigenvalue weighted by molar-refractivity contribution is -0.246. The van der Waals surface area contributed by atoms with Gasteiger partial charge in [0.15, 0.2) is 0 Å². The van der Waals surface area contributed by atoms with E-state index >= 15 is 0 Å². The monoisotopic (exact) mass is 350 g/mol. The molecule has 2 aliphatic carbocycles. The Morgan fingerprint density at radius 3 is 2.76 bits per heavy atom. The number of epoxide rings is 1. The van der Waals surface area contributed by atoms with Crippen molar-refractivity contribution < 1.29 is 24.4 Å². The van der Waals surface area contributed by atoms with E-state index in [4.69, 9.17) is 14.2 Å². The third-order valence-electron chi connectivity index (χ3n) is 8.65. The Balaban J connectivity index is 1.55. The van der Waals surface area contributed by atoms with Crippen molar-refractivity contribution >= 4 is 0 Å². The summed E-state index contributed by atoms with van der Waals surface area (Å²) in [4.78, 5) is 0. The smallest absolute Gasteiger partial charge is 0.205 e. The van der Waals surface area contributed by atoms with Crippen molar-refractivity contribution in [2.24, 2.45) is 28.6 Å². The molecule has 0 aromatic rings. The lowest BCUT2D eigenvalue weighted by Crippen LogP contribution is -2.68. The molecule has 0 bridgehead atoms. The van der Waals surface area contributed by atoms with E-state index in [1.54, 1.807) is 6.26 Å². The Bertz CT molecular complexity index is 587. The van der Waals surface area contributed by atoms with Crippen molar-refractivity contribution in [3.05, 3.63) is 12.3 Å². The molecule has 140 valence electrons. The van der Waals surface area contributed by atoms with Crippen LogP contribution in [0.3, 0.4) is 0 Å². The molecule has 0 amide bonds. The van der Waals surface area contributed by atoms with Crippen LogP contribution in [0.2, 0.25) is 0 Å². The van der Waals surface area contributed by atoms with Gasteiger partial charge >= 0.3 is 0 Å². The Hall–Kier alpha value is -0.620. The van der Waals surface area contributed by atoms with Crippen LogP contribution in [0, 0.1) is 28.6 Å². The highest BCUT2D eigenvalue weighted by Crippen LogP contribution is 2.69. The standard InChI is InChI=1S/C20H30O5/c1-12-8-15(22)20(10-21)14(4-3-6-19(20)11-24-19)18(12,2)16-9-13-5-7-23-17(13)25-16/h5,7,12-17,21-22H,3-4,6,8-11H2,1-2H3/t12-,13-,14-,15+,16+,17+,18+,19+,20+/m0/s1. The minimum absolute atomic E-state index is 0.00285. The molecule has 25 heavy (non-hydrogen) atoms. The first kappa shape index (κ1) is 16.5. The predicted octanol–water partition coefficient (Wildman–Crippen LogP) is 2.22. The van der Waals surface area contributed by atoms with Gasteiger partial charge in [0.2, 0.25) is 6.29 Å². The van der Waals surface area contributed by atoms with Gasteiger partial charge in [-0.1, -0.05) is 20.3 Å². The SMILES string of the molecule is C[C@H]1C[C@@H](O)[C@@]2(CO)[C@@H](CCC[C@@]23CO3)[C@]1(C)[C@H]1C[C@@H]2C=CO[C@@H]2O1. The molecule has 0 aromatic carbocycles. The van der Waals surface area contributed by atoms with E-state index in [1.165, 1.54) is 0 Å². The van der Waals surface area contributed by atoms with Gasteiger partial charge in [0, 0.05) is 11.3 Å². The van der Waals surface area contributed by atoms with E-state index in [0.717, 1.165) is 25.7 Å². The van der Waals surface area contributed by atoms with Crippen molar-refractivity contribution in [3.63, 3.8) is 0 Å². The molecule has 3 aliphatic heterocycles. The third-order valence-corrected chi connectivity index (χ3v) is 8.65. The lowest BCUT2D eigenvalue weighted by atomic mass is 9.42. The second kappa shape index (κ2) is 5.22. The van der Waals surface area contributed by atoms with E-state index in [2.05, 4.69) is 19.9 Å². The highest BCUT2D eigenvalue weighted by Gasteiger charge is 2.74. The zero-order valence-corrected chi connectivity index (χ0v) is 15.2. The van der Waals surface area contributed by atoms with Crippen molar-refractivity contribution in [2.75, 3.05) is 13.2 Å². The molecular weight excluding hydrogens is 320 g/mol. The summed E-state index contributed by atoms with van der Waals surface area (Å²) >= 11 is 0. The van der Waals surface area contributed by atoms with E-state index < -0.39 is 11.5 Å². The number of rotatable bonds is 2. The van der Waals surface area contributed by atoms with Crippen LogP contribution in [0.5, 0.6) is 0 Å². The molecule has 2 N–H and O–H groups in total. The van der Waals surface area contributed by atoms with E-state index in [-0.39, 0.29) is 35.9 Å². The summed E-state index contributed by atoms with van der Waals surface area (Å²) < 4.78 is 17.9. The summed E-state index contributed by atoms with van der Waals surface area (Å²) in [6, 6.07) is 0. The average molecular weight is 350 g/mol. The Morgan fingerprint density at radius 2 is 2.08 bits per heavy atom. The largest absolute Gasteiger partial charge is 0.472 e. The maximum atomic E-state index is 11.1. The fourth-order valence-corrected chi connectivity index (χ4v) is 6.95. The average Bonchev–Trinajstić information content (AvgIpc) is 3.04. The molecule has 4 fully saturated rings. The van der Waals surface area contributed by atoms with E-state index in [0.29, 0.717) is 24.9 Å². The quantitative estimate of drug-likeness (QED) is 0.747. The molecule has 5 rings (SSSR count). The molecular formula is C20H30O5. The Morgan fingerprint density at radius 1 is 1.28 bits per heavy atom. The molecule has 5 nitrogen and oxygen atoms in total. The van der Waals surface area contributed by atoms with Crippen molar-refractivity contribution in [3.8, 4) is 0 Å². The van der Waals surface area contributed by atoms with Gasteiger partial charge in [0.05, 0.1) is 37.1 Å².